The number of nitrogens with zero attached hydrogens (tertiary/aromatic N) is 3. The number of aromatic nitrogens is 3. The highest BCUT2D eigenvalue weighted by Crippen LogP contribution is 2.24. The smallest absolute Gasteiger partial charge is 0.270 e. The quantitative estimate of drug-likeness (QED) is 0.405. The van der Waals surface area contributed by atoms with Gasteiger partial charge >= 0.3 is 0 Å². The maximum absolute atomic E-state index is 12.3. The van der Waals surface area contributed by atoms with E-state index in [0.29, 0.717) is 11.6 Å². The van der Waals surface area contributed by atoms with Crippen LogP contribution in [0.15, 0.2) is 54.7 Å². The molecule has 2 N–H and O–H groups in total. The fourth-order valence-corrected chi connectivity index (χ4v) is 3.50. The van der Waals surface area contributed by atoms with Crippen molar-refractivity contribution in [2.45, 2.75) is 6.42 Å². The molecule has 0 aliphatic rings. The molecule has 27 heavy (non-hydrogen) atoms. The van der Waals surface area contributed by atoms with Crippen LogP contribution >= 0.6 is 11.3 Å². The van der Waals surface area contributed by atoms with Gasteiger partial charge in [0.1, 0.15) is 5.01 Å². The van der Waals surface area contributed by atoms with Crippen molar-refractivity contribution in [3.63, 3.8) is 0 Å². The first-order valence-corrected chi connectivity index (χ1v) is 8.85. The minimum Gasteiger partial charge on any atom is -0.361 e. The maximum atomic E-state index is 12.3. The van der Waals surface area contributed by atoms with Crippen LogP contribution in [-0.4, -0.2) is 26.0 Å². The number of fused-ring (bicyclic) bond motifs is 1. The summed E-state index contributed by atoms with van der Waals surface area (Å²) in [7, 11) is 0. The monoisotopic (exact) mass is 379 g/mol. The molecule has 2 aromatic carbocycles. The van der Waals surface area contributed by atoms with Crippen LogP contribution in [0.5, 0.6) is 0 Å². The molecule has 2 heterocycles. The number of aromatic amines is 1. The third-order valence-electron chi connectivity index (χ3n) is 4.02. The number of carbonyl (C=O) groups excluding carboxylic acids is 1. The summed E-state index contributed by atoms with van der Waals surface area (Å²) in [6.45, 7) is 0. The van der Waals surface area contributed by atoms with E-state index in [1.807, 2.05) is 30.5 Å². The number of hydrogen-bond acceptors (Lipinski definition) is 6. The molecule has 0 saturated carbocycles. The van der Waals surface area contributed by atoms with E-state index in [0.717, 1.165) is 21.5 Å². The number of rotatable bonds is 5. The van der Waals surface area contributed by atoms with Crippen molar-refractivity contribution in [3.05, 3.63) is 81.0 Å². The largest absolute Gasteiger partial charge is 0.361 e. The van der Waals surface area contributed by atoms with Gasteiger partial charge in [-0.1, -0.05) is 35.6 Å². The van der Waals surface area contributed by atoms with Crippen LogP contribution in [0, 0.1) is 10.1 Å². The minimum absolute atomic E-state index is 0.139. The summed E-state index contributed by atoms with van der Waals surface area (Å²) < 4.78 is 0. The van der Waals surface area contributed by atoms with Crippen LogP contribution < -0.4 is 5.32 Å². The van der Waals surface area contributed by atoms with Gasteiger partial charge in [-0.15, -0.1) is 10.2 Å². The Morgan fingerprint density at radius 1 is 1.19 bits per heavy atom. The van der Waals surface area contributed by atoms with Crippen LogP contribution in [0.2, 0.25) is 0 Å². The molecule has 8 nitrogen and oxygen atoms in total. The second kappa shape index (κ2) is 6.96. The molecule has 0 fully saturated rings. The molecule has 4 rings (SSSR count). The Morgan fingerprint density at radius 2 is 2.04 bits per heavy atom. The van der Waals surface area contributed by atoms with E-state index in [-0.39, 0.29) is 11.3 Å². The minimum atomic E-state index is -0.541. The number of carbonyl (C=O) groups is 1. The van der Waals surface area contributed by atoms with Crippen molar-refractivity contribution in [1.82, 2.24) is 15.2 Å². The third kappa shape index (κ3) is 3.53. The number of hydrogen-bond donors (Lipinski definition) is 2. The molecule has 0 spiro atoms. The average molecular weight is 379 g/mol. The van der Waals surface area contributed by atoms with Gasteiger partial charge in [0.25, 0.3) is 11.6 Å². The molecule has 0 bridgehead atoms. The third-order valence-corrected chi connectivity index (χ3v) is 4.86. The highest BCUT2D eigenvalue weighted by atomic mass is 32.1. The first kappa shape index (κ1) is 16.9. The standard InChI is InChI=1S/C18H13N5O3S/c24-17(11-4-3-5-13(8-11)23(25)26)20-18-22-21-16(27-18)9-12-10-19-15-7-2-1-6-14(12)15/h1-8,10,19H,9H2,(H,20,22,24). The molecule has 2 aromatic heterocycles. The van der Waals surface area contributed by atoms with Gasteiger partial charge in [-0.25, -0.2) is 0 Å². The molecule has 1 amide bonds. The summed E-state index contributed by atoms with van der Waals surface area (Å²) in [5.41, 5.74) is 2.20. The first-order valence-electron chi connectivity index (χ1n) is 8.03. The zero-order chi connectivity index (χ0) is 18.8. The molecule has 0 atom stereocenters. The fraction of sp³-hybridized carbons (Fsp3) is 0.0556. The molecule has 9 heteroatoms. The summed E-state index contributed by atoms with van der Waals surface area (Å²) in [5.74, 6) is -0.464. The van der Waals surface area contributed by atoms with Gasteiger partial charge in [-0.3, -0.25) is 20.2 Å². The second-order valence-corrected chi connectivity index (χ2v) is 6.86. The predicted molar refractivity (Wildman–Crippen MR) is 102 cm³/mol. The van der Waals surface area contributed by atoms with Crippen molar-refractivity contribution in [2.24, 2.45) is 0 Å². The van der Waals surface area contributed by atoms with Crippen LogP contribution in [0.4, 0.5) is 10.8 Å². The zero-order valence-electron chi connectivity index (χ0n) is 13.9. The number of anilines is 1. The van der Waals surface area contributed by atoms with Crippen LogP contribution in [0.1, 0.15) is 20.9 Å². The summed E-state index contributed by atoms with van der Waals surface area (Å²) >= 11 is 1.27. The SMILES string of the molecule is O=C(Nc1nnc(Cc2c[nH]c3ccccc23)s1)c1cccc([N+](=O)[O-])c1. The van der Waals surface area contributed by atoms with Crippen molar-refractivity contribution in [3.8, 4) is 0 Å². The molecule has 0 aliphatic heterocycles. The van der Waals surface area contributed by atoms with Gasteiger partial charge in [0.05, 0.1) is 4.92 Å². The summed E-state index contributed by atoms with van der Waals surface area (Å²) in [6.07, 6.45) is 2.53. The van der Waals surface area contributed by atoms with E-state index >= 15 is 0 Å². The summed E-state index contributed by atoms with van der Waals surface area (Å²) in [4.78, 5) is 25.8. The molecular weight excluding hydrogens is 366 g/mol. The van der Waals surface area contributed by atoms with E-state index in [4.69, 9.17) is 0 Å². The summed E-state index contributed by atoms with van der Waals surface area (Å²) in [6, 6.07) is 13.5. The second-order valence-electron chi connectivity index (χ2n) is 5.80. The van der Waals surface area contributed by atoms with Crippen molar-refractivity contribution in [1.29, 1.82) is 0 Å². The van der Waals surface area contributed by atoms with Gasteiger partial charge in [0, 0.05) is 41.2 Å². The molecule has 0 radical (unpaired) electrons. The number of H-pyrrole nitrogens is 1. The Kier molecular flexibility index (Phi) is 4.35. The van der Waals surface area contributed by atoms with Gasteiger partial charge in [-0.2, -0.15) is 0 Å². The molecule has 0 saturated heterocycles. The van der Waals surface area contributed by atoms with Crippen LogP contribution in [0.3, 0.4) is 0 Å². The Hall–Kier alpha value is -3.59. The number of nitro benzene ring substituents is 1. The normalized spacial score (nSPS) is 10.8. The number of para-hydroxylation sites is 1. The lowest BCUT2D eigenvalue weighted by Gasteiger charge is -2.00. The predicted octanol–water partition coefficient (Wildman–Crippen LogP) is 3.77. The van der Waals surface area contributed by atoms with Crippen molar-refractivity contribution < 1.29 is 9.72 Å². The Morgan fingerprint density at radius 3 is 2.89 bits per heavy atom. The highest BCUT2D eigenvalue weighted by Gasteiger charge is 2.14. The van der Waals surface area contributed by atoms with Gasteiger partial charge in [0.2, 0.25) is 5.13 Å². The van der Waals surface area contributed by atoms with Crippen molar-refractivity contribution in [2.75, 3.05) is 5.32 Å². The van der Waals surface area contributed by atoms with E-state index in [1.54, 1.807) is 0 Å². The lowest BCUT2D eigenvalue weighted by molar-refractivity contribution is -0.384. The van der Waals surface area contributed by atoms with E-state index in [1.165, 1.54) is 35.6 Å². The van der Waals surface area contributed by atoms with E-state index in [9.17, 15) is 14.9 Å². The molecule has 4 aromatic rings. The highest BCUT2D eigenvalue weighted by molar-refractivity contribution is 7.15. The number of nitrogens with one attached hydrogen (secondary N) is 2. The molecular formula is C18H13N5O3S. The zero-order valence-corrected chi connectivity index (χ0v) is 14.7. The van der Waals surface area contributed by atoms with Crippen LogP contribution in [-0.2, 0) is 6.42 Å². The maximum Gasteiger partial charge on any atom is 0.270 e. The van der Waals surface area contributed by atoms with Crippen LogP contribution in [0.25, 0.3) is 10.9 Å². The lowest BCUT2D eigenvalue weighted by atomic mass is 10.1. The van der Waals surface area contributed by atoms with E-state index < -0.39 is 10.8 Å². The topological polar surface area (TPSA) is 114 Å². The van der Waals surface area contributed by atoms with Gasteiger partial charge < -0.3 is 4.98 Å². The van der Waals surface area contributed by atoms with Gasteiger partial charge in [-0.05, 0) is 17.7 Å². The molecule has 134 valence electrons. The number of non-ortho nitro benzene ring substituents is 1. The Bertz CT molecular complexity index is 1150. The first-order chi connectivity index (χ1) is 13.1. The van der Waals surface area contributed by atoms with Crippen molar-refractivity contribution >= 4 is 39.0 Å². The molecule has 0 unspecified atom stereocenters. The molecule has 0 aliphatic carbocycles. The van der Waals surface area contributed by atoms with E-state index in [2.05, 4.69) is 20.5 Å². The number of amides is 1. The lowest BCUT2D eigenvalue weighted by Crippen LogP contribution is -2.11. The number of benzene rings is 2. The average Bonchev–Trinajstić information content (AvgIpc) is 3.29. The Labute approximate surface area is 157 Å². The number of nitro groups is 1. The van der Waals surface area contributed by atoms with Gasteiger partial charge in [0.15, 0.2) is 0 Å². The fourth-order valence-electron chi connectivity index (χ4n) is 2.75. The summed E-state index contributed by atoms with van der Waals surface area (Å²) in [5, 5.41) is 23.8. The Balaban J connectivity index is 1.49.